The Labute approximate surface area is 245 Å². The van der Waals surface area contributed by atoms with Gasteiger partial charge in [0, 0.05) is 41.6 Å². The van der Waals surface area contributed by atoms with Gasteiger partial charge in [-0.05, 0) is 85.8 Å². The second-order valence-corrected chi connectivity index (χ2v) is 11.2. The lowest BCUT2D eigenvalue weighted by Gasteiger charge is -2.17. The fraction of sp³-hybridized carbons (Fsp3) is 0.241. The number of halogens is 1. The van der Waals surface area contributed by atoms with Crippen molar-refractivity contribution >= 4 is 40.5 Å². The minimum absolute atomic E-state index is 0.103. The molecule has 0 aliphatic carbocycles. The summed E-state index contributed by atoms with van der Waals surface area (Å²) in [4.78, 5) is 20.2. The predicted molar refractivity (Wildman–Crippen MR) is 157 cm³/mol. The number of aromatic nitrogens is 5. The number of benzene rings is 2. The van der Waals surface area contributed by atoms with E-state index in [1.165, 1.54) is 36.0 Å². The number of carbonyl (C=O) groups excluding carboxylic acids is 1. The van der Waals surface area contributed by atoms with Crippen LogP contribution >= 0.6 is 11.8 Å². The summed E-state index contributed by atoms with van der Waals surface area (Å²) in [6.07, 6.45) is 0.683. The highest BCUT2D eigenvalue weighted by atomic mass is 32.2. The number of carbonyl (C=O) groups is 1. The van der Waals surface area contributed by atoms with Crippen LogP contribution in [0, 0.1) is 19.7 Å². The number of rotatable bonds is 9. The molecule has 3 aromatic heterocycles. The molecule has 1 aliphatic rings. The Morgan fingerprint density at radius 1 is 1.14 bits per heavy atom. The quantitative estimate of drug-likeness (QED) is 0.200. The van der Waals surface area contributed by atoms with E-state index < -0.39 is 12.2 Å². The van der Waals surface area contributed by atoms with Gasteiger partial charge in [-0.3, -0.25) is 14.8 Å². The highest BCUT2D eigenvalue weighted by molar-refractivity contribution is 7.99. The second-order valence-electron chi connectivity index (χ2n) is 10.2. The van der Waals surface area contributed by atoms with Gasteiger partial charge in [-0.15, -0.1) is 5.10 Å². The molecule has 216 valence electrons. The van der Waals surface area contributed by atoms with Gasteiger partial charge in [0.15, 0.2) is 11.6 Å². The Kier molecular flexibility index (Phi) is 7.78. The maximum absolute atomic E-state index is 13.1. The van der Waals surface area contributed by atoms with Crippen molar-refractivity contribution in [2.24, 2.45) is 0 Å². The molecule has 2 aromatic carbocycles. The molecule has 11 nitrogen and oxygen atoms in total. The lowest BCUT2D eigenvalue weighted by molar-refractivity contribution is -0.117. The number of amides is 1. The molecule has 6 rings (SSSR count). The van der Waals surface area contributed by atoms with E-state index in [1.807, 2.05) is 61.3 Å². The molecule has 4 N–H and O–H groups in total. The van der Waals surface area contributed by atoms with Crippen LogP contribution in [0.5, 0.6) is 5.75 Å². The van der Waals surface area contributed by atoms with Crippen molar-refractivity contribution in [3.63, 3.8) is 0 Å². The fourth-order valence-corrected chi connectivity index (χ4v) is 5.48. The monoisotopic (exact) mass is 588 g/mol. The number of fused-ring (bicyclic) bond motifs is 1. The number of aliphatic hydroxyl groups is 1. The molecule has 0 saturated carbocycles. The maximum atomic E-state index is 13.1. The predicted octanol–water partition coefficient (Wildman–Crippen LogP) is 4.17. The van der Waals surface area contributed by atoms with Crippen molar-refractivity contribution in [1.29, 1.82) is 0 Å². The van der Waals surface area contributed by atoms with Crippen LogP contribution in [0.15, 0.2) is 76.9 Å². The Balaban J connectivity index is 1.06. The molecule has 5 aromatic rings. The second kappa shape index (κ2) is 11.8. The number of nitrogens with zero attached hydrogens (tertiary/aromatic N) is 5. The third-order valence-electron chi connectivity index (χ3n) is 6.66. The van der Waals surface area contributed by atoms with Crippen molar-refractivity contribution < 1.29 is 19.0 Å². The minimum atomic E-state index is -0.754. The largest absolute Gasteiger partial charge is 0.486 e. The molecule has 0 radical (unpaired) electrons. The molecular weight excluding hydrogens is 559 g/mol. The molecule has 4 heterocycles. The van der Waals surface area contributed by atoms with Crippen molar-refractivity contribution in [1.82, 2.24) is 29.7 Å². The van der Waals surface area contributed by atoms with Gasteiger partial charge in [-0.2, -0.15) is 5.10 Å². The van der Waals surface area contributed by atoms with Crippen LogP contribution in [-0.2, 0) is 4.79 Å². The number of likely N-dealkylation sites (tertiary alicyclic amines) is 1. The Morgan fingerprint density at radius 3 is 2.67 bits per heavy atom. The first-order chi connectivity index (χ1) is 20.3. The van der Waals surface area contributed by atoms with E-state index in [0.29, 0.717) is 41.3 Å². The first kappa shape index (κ1) is 27.7. The van der Waals surface area contributed by atoms with E-state index >= 15 is 0 Å². The summed E-state index contributed by atoms with van der Waals surface area (Å²) in [6.45, 7) is 4.72. The zero-order valence-electron chi connectivity index (χ0n) is 22.9. The Morgan fingerprint density at radius 2 is 1.93 bits per heavy atom. The molecule has 2 atom stereocenters. The lowest BCUT2D eigenvalue weighted by atomic mass is 10.2. The molecule has 1 aliphatic heterocycles. The van der Waals surface area contributed by atoms with Gasteiger partial charge in [0.05, 0.1) is 6.54 Å². The molecule has 42 heavy (non-hydrogen) atoms. The number of nitrogens with one attached hydrogen (secondary N) is 3. The average Bonchev–Trinajstić information content (AvgIpc) is 3.64. The normalized spacial score (nSPS) is 17.0. The molecule has 13 heteroatoms. The van der Waals surface area contributed by atoms with Crippen LogP contribution in [0.3, 0.4) is 0 Å². The summed E-state index contributed by atoms with van der Waals surface area (Å²) in [7, 11) is 0. The van der Waals surface area contributed by atoms with Crippen LogP contribution in [0.2, 0.25) is 0 Å². The van der Waals surface area contributed by atoms with Crippen LogP contribution < -0.4 is 15.4 Å². The topological polar surface area (TPSA) is 133 Å². The van der Waals surface area contributed by atoms with Crippen molar-refractivity contribution in [2.45, 2.75) is 36.1 Å². The third-order valence-corrected chi connectivity index (χ3v) is 7.52. The molecule has 1 saturated heterocycles. The van der Waals surface area contributed by atoms with Gasteiger partial charge < -0.3 is 20.5 Å². The Bertz CT molecular complexity index is 1710. The molecule has 0 spiro atoms. The number of β-amino-alcohol motifs (C(OH)–C–C–N with tert-alkyl or cyclic N) is 1. The maximum Gasteiger partial charge on any atom is 0.238 e. The summed E-state index contributed by atoms with van der Waals surface area (Å²) in [5, 5.41) is 28.9. The first-order valence-electron chi connectivity index (χ1n) is 13.3. The van der Waals surface area contributed by atoms with E-state index in [4.69, 9.17) is 9.72 Å². The first-order valence-corrected chi connectivity index (χ1v) is 14.2. The van der Waals surface area contributed by atoms with Gasteiger partial charge in [0.1, 0.15) is 29.3 Å². The molecule has 1 amide bonds. The minimum Gasteiger partial charge on any atom is -0.486 e. The van der Waals surface area contributed by atoms with E-state index in [9.17, 15) is 14.3 Å². The summed E-state index contributed by atoms with van der Waals surface area (Å²) in [5.41, 5.74) is 3.49. The van der Waals surface area contributed by atoms with E-state index in [1.54, 1.807) is 4.52 Å². The van der Waals surface area contributed by atoms with E-state index in [-0.39, 0.29) is 18.3 Å². The van der Waals surface area contributed by atoms with Crippen LogP contribution in [0.1, 0.15) is 11.3 Å². The van der Waals surface area contributed by atoms with E-state index in [2.05, 4.69) is 25.9 Å². The summed E-state index contributed by atoms with van der Waals surface area (Å²) in [6, 6.07) is 17.0. The zero-order valence-corrected chi connectivity index (χ0v) is 23.7. The Hall–Kier alpha value is -4.46. The summed E-state index contributed by atoms with van der Waals surface area (Å²) >= 11 is 1.40. The average molecular weight is 589 g/mol. The van der Waals surface area contributed by atoms with Gasteiger partial charge in [0.2, 0.25) is 11.1 Å². The standard InChI is InChI=1S/C29H29FN8O3S/c1-17-11-23-28(32-26-12-18(2)34-35-26)33-29(36-38(23)13-17)42-22-9-5-20(6-10-22)31-27(40)16-37-14-24(39)25(15-37)41-21-7-3-19(30)4-8-21/h3-13,24-25,39H,14-16H2,1-2H3,(H,31,40)(H2,32,33,34,35,36)/t24-,25-/m1/s1. The van der Waals surface area contributed by atoms with E-state index in [0.717, 1.165) is 21.7 Å². The SMILES string of the molecule is Cc1cc2c(Nc3cc(C)[nH]n3)nc(Sc3ccc(NC(=O)CN4C[C@@H](O)[C@H](Oc5ccc(F)cc5)C4)cc3)nn2c1. The van der Waals surface area contributed by atoms with Crippen molar-refractivity contribution in [3.05, 3.63) is 83.9 Å². The number of hydrogen-bond acceptors (Lipinski definition) is 9. The molecule has 0 unspecified atom stereocenters. The summed E-state index contributed by atoms with van der Waals surface area (Å²) < 4.78 is 20.7. The van der Waals surface area contributed by atoms with Gasteiger partial charge >= 0.3 is 0 Å². The molecular formula is C29H29FN8O3S. The van der Waals surface area contributed by atoms with Crippen LogP contribution in [0.25, 0.3) is 5.52 Å². The number of aliphatic hydroxyl groups excluding tert-OH is 1. The van der Waals surface area contributed by atoms with Gasteiger partial charge in [-0.1, -0.05) is 0 Å². The highest BCUT2D eigenvalue weighted by Gasteiger charge is 2.34. The third kappa shape index (κ3) is 6.54. The van der Waals surface area contributed by atoms with Crippen LogP contribution in [-0.4, -0.2) is 72.6 Å². The van der Waals surface area contributed by atoms with Gasteiger partial charge in [-0.25, -0.2) is 13.9 Å². The number of anilines is 3. The number of aryl methyl sites for hydroxylation is 2. The summed E-state index contributed by atoms with van der Waals surface area (Å²) in [5.74, 6) is 1.23. The van der Waals surface area contributed by atoms with Crippen molar-refractivity contribution in [3.8, 4) is 5.75 Å². The van der Waals surface area contributed by atoms with Crippen molar-refractivity contribution in [2.75, 3.05) is 30.3 Å². The molecule has 1 fully saturated rings. The fourth-order valence-electron chi connectivity index (χ4n) is 4.73. The zero-order chi connectivity index (χ0) is 29.2. The van der Waals surface area contributed by atoms with Crippen LogP contribution in [0.4, 0.5) is 21.7 Å². The number of ether oxygens (including phenoxy) is 1. The number of H-pyrrole nitrogens is 1. The number of aromatic amines is 1. The van der Waals surface area contributed by atoms with Gasteiger partial charge in [0.25, 0.3) is 0 Å². The highest BCUT2D eigenvalue weighted by Crippen LogP contribution is 2.29. The molecule has 0 bridgehead atoms. The lowest BCUT2D eigenvalue weighted by Crippen LogP contribution is -2.33. The number of hydrogen-bond donors (Lipinski definition) is 4. The smallest absolute Gasteiger partial charge is 0.238 e.